The zero-order valence-corrected chi connectivity index (χ0v) is 16.3. The molecule has 0 fully saturated rings. The summed E-state index contributed by atoms with van der Waals surface area (Å²) in [5.41, 5.74) is 0. The number of thioether (sulfide) groups is 1. The molecule has 1 rings (SSSR count). The SMILES string of the molecule is CCCCCC/C=C/CC(=O)NC(CCC(=O)O)CSc1ccncc1. The normalized spacial score (nSPS) is 12.2. The van der Waals surface area contributed by atoms with Crippen molar-refractivity contribution in [2.24, 2.45) is 0 Å². The molecule has 1 atom stereocenters. The molecule has 144 valence electrons. The molecule has 0 saturated carbocycles. The maximum atomic E-state index is 12.1. The molecule has 1 amide bonds. The summed E-state index contributed by atoms with van der Waals surface area (Å²) in [5.74, 6) is -0.255. The molecule has 0 saturated heterocycles. The first-order valence-electron chi connectivity index (χ1n) is 9.30. The molecule has 0 aliphatic heterocycles. The Morgan fingerprint density at radius 3 is 2.69 bits per heavy atom. The first-order chi connectivity index (χ1) is 12.6. The van der Waals surface area contributed by atoms with Crippen molar-refractivity contribution in [3.05, 3.63) is 36.7 Å². The molecule has 1 aromatic heterocycles. The van der Waals surface area contributed by atoms with Crippen LogP contribution in [0.4, 0.5) is 0 Å². The van der Waals surface area contributed by atoms with Gasteiger partial charge in [-0.3, -0.25) is 14.6 Å². The number of pyridine rings is 1. The Labute approximate surface area is 160 Å². The van der Waals surface area contributed by atoms with Crippen LogP contribution in [0.2, 0.25) is 0 Å². The summed E-state index contributed by atoms with van der Waals surface area (Å²) >= 11 is 1.60. The standard InChI is InChI=1S/C20H30N2O3S/c1-2-3-4-5-6-7-8-9-19(23)22-17(10-11-20(24)25)16-26-18-12-14-21-15-13-18/h7-8,12-15,17H,2-6,9-11,16H2,1H3,(H,22,23)(H,24,25)/b8-7+. The Kier molecular flexibility index (Phi) is 12.3. The van der Waals surface area contributed by atoms with Crippen LogP contribution in [0.5, 0.6) is 0 Å². The second kappa shape index (κ2) is 14.4. The van der Waals surface area contributed by atoms with E-state index in [9.17, 15) is 9.59 Å². The Bertz CT molecular complexity index is 549. The molecule has 0 radical (unpaired) electrons. The lowest BCUT2D eigenvalue weighted by Gasteiger charge is -2.17. The Hall–Kier alpha value is -1.82. The van der Waals surface area contributed by atoms with Gasteiger partial charge in [0.05, 0.1) is 0 Å². The van der Waals surface area contributed by atoms with E-state index in [1.807, 2.05) is 18.2 Å². The van der Waals surface area contributed by atoms with Crippen molar-refractivity contribution in [3.8, 4) is 0 Å². The number of carbonyl (C=O) groups excluding carboxylic acids is 1. The number of carboxylic acids is 1. The predicted octanol–water partition coefficient (Wildman–Crippen LogP) is 4.44. The highest BCUT2D eigenvalue weighted by Gasteiger charge is 2.14. The van der Waals surface area contributed by atoms with Gasteiger partial charge in [0.25, 0.3) is 0 Å². The maximum Gasteiger partial charge on any atom is 0.303 e. The zero-order valence-electron chi connectivity index (χ0n) is 15.5. The van der Waals surface area contributed by atoms with Crippen molar-refractivity contribution in [1.29, 1.82) is 0 Å². The average molecular weight is 379 g/mol. The van der Waals surface area contributed by atoms with E-state index in [2.05, 4.69) is 23.3 Å². The van der Waals surface area contributed by atoms with E-state index in [1.54, 1.807) is 24.2 Å². The van der Waals surface area contributed by atoms with Crippen LogP contribution >= 0.6 is 11.8 Å². The van der Waals surface area contributed by atoms with Gasteiger partial charge in [0, 0.05) is 41.9 Å². The Balaban J connectivity index is 2.36. The number of aromatic nitrogens is 1. The molecule has 2 N–H and O–H groups in total. The number of nitrogens with one attached hydrogen (secondary N) is 1. The van der Waals surface area contributed by atoms with Gasteiger partial charge in [-0.25, -0.2) is 0 Å². The molecular formula is C20H30N2O3S. The molecule has 0 aliphatic carbocycles. The second-order valence-corrected chi connectivity index (χ2v) is 7.31. The van der Waals surface area contributed by atoms with Crippen LogP contribution in [0.25, 0.3) is 0 Å². The largest absolute Gasteiger partial charge is 0.481 e. The number of aliphatic carboxylic acids is 1. The molecule has 1 unspecified atom stereocenters. The number of rotatable bonds is 14. The molecule has 0 aromatic carbocycles. The number of carboxylic acid groups (broad SMARTS) is 1. The van der Waals surface area contributed by atoms with Crippen molar-refractivity contribution >= 4 is 23.6 Å². The highest BCUT2D eigenvalue weighted by molar-refractivity contribution is 7.99. The van der Waals surface area contributed by atoms with Crippen LogP contribution in [0.3, 0.4) is 0 Å². The molecule has 1 aromatic rings. The number of hydrogen-bond donors (Lipinski definition) is 2. The van der Waals surface area contributed by atoms with Crippen LogP contribution in [0.1, 0.15) is 58.3 Å². The molecule has 0 spiro atoms. The topological polar surface area (TPSA) is 79.3 Å². The summed E-state index contributed by atoms with van der Waals surface area (Å²) < 4.78 is 0. The summed E-state index contributed by atoms with van der Waals surface area (Å²) in [6, 6.07) is 3.65. The van der Waals surface area contributed by atoms with Crippen LogP contribution in [0, 0.1) is 0 Å². The van der Waals surface area contributed by atoms with Gasteiger partial charge in [-0.2, -0.15) is 0 Å². The number of nitrogens with zero attached hydrogens (tertiary/aromatic N) is 1. The van der Waals surface area contributed by atoms with Crippen molar-refractivity contribution < 1.29 is 14.7 Å². The van der Waals surface area contributed by atoms with Crippen molar-refractivity contribution in [3.63, 3.8) is 0 Å². The Morgan fingerprint density at radius 1 is 1.23 bits per heavy atom. The van der Waals surface area contributed by atoms with Gasteiger partial charge in [0.2, 0.25) is 5.91 Å². The lowest BCUT2D eigenvalue weighted by atomic mass is 10.1. The average Bonchev–Trinajstić information content (AvgIpc) is 2.64. The predicted molar refractivity (Wildman–Crippen MR) is 106 cm³/mol. The summed E-state index contributed by atoms with van der Waals surface area (Å²) in [6.07, 6.45) is 14.1. The third kappa shape index (κ3) is 11.7. The minimum Gasteiger partial charge on any atom is -0.481 e. The van der Waals surface area contributed by atoms with E-state index in [0.717, 1.165) is 17.7 Å². The quantitative estimate of drug-likeness (QED) is 0.284. The van der Waals surface area contributed by atoms with E-state index >= 15 is 0 Å². The number of unbranched alkanes of at least 4 members (excludes halogenated alkanes) is 4. The number of hydrogen-bond acceptors (Lipinski definition) is 4. The summed E-state index contributed by atoms with van der Waals surface area (Å²) in [5, 5.41) is 11.9. The molecule has 1 heterocycles. The van der Waals surface area contributed by atoms with Crippen molar-refractivity contribution in [1.82, 2.24) is 10.3 Å². The third-order valence-electron chi connectivity index (χ3n) is 3.87. The summed E-state index contributed by atoms with van der Waals surface area (Å²) in [4.78, 5) is 28.0. The molecule has 0 aliphatic rings. The van der Waals surface area contributed by atoms with Gasteiger partial charge in [0.15, 0.2) is 0 Å². The van der Waals surface area contributed by atoms with Gasteiger partial charge in [-0.15, -0.1) is 11.8 Å². The third-order valence-corrected chi connectivity index (χ3v) is 5.04. The van der Waals surface area contributed by atoms with Gasteiger partial charge < -0.3 is 10.4 Å². The fraction of sp³-hybridized carbons (Fsp3) is 0.550. The number of amides is 1. The van der Waals surface area contributed by atoms with E-state index in [-0.39, 0.29) is 18.4 Å². The molecule has 0 bridgehead atoms. The molecule has 26 heavy (non-hydrogen) atoms. The van der Waals surface area contributed by atoms with E-state index in [4.69, 9.17) is 5.11 Å². The van der Waals surface area contributed by atoms with E-state index in [0.29, 0.717) is 18.6 Å². The van der Waals surface area contributed by atoms with Gasteiger partial charge in [-0.05, 0) is 31.4 Å². The number of allylic oxidation sites excluding steroid dienone is 1. The van der Waals surface area contributed by atoms with Gasteiger partial charge in [0.1, 0.15) is 0 Å². The van der Waals surface area contributed by atoms with Crippen LogP contribution < -0.4 is 5.32 Å². The van der Waals surface area contributed by atoms with Crippen LogP contribution in [-0.2, 0) is 9.59 Å². The molecular weight excluding hydrogens is 348 g/mol. The van der Waals surface area contributed by atoms with Crippen LogP contribution in [0.15, 0.2) is 41.6 Å². The van der Waals surface area contributed by atoms with E-state index < -0.39 is 5.97 Å². The molecule has 6 heteroatoms. The second-order valence-electron chi connectivity index (χ2n) is 6.22. The maximum absolute atomic E-state index is 12.1. The molecule has 5 nitrogen and oxygen atoms in total. The summed E-state index contributed by atoms with van der Waals surface area (Å²) in [6.45, 7) is 2.19. The fourth-order valence-corrected chi connectivity index (χ4v) is 3.37. The van der Waals surface area contributed by atoms with E-state index in [1.165, 1.54) is 19.3 Å². The zero-order chi connectivity index (χ0) is 19.0. The minimum absolute atomic E-state index is 0.0507. The summed E-state index contributed by atoms with van der Waals surface area (Å²) in [7, 11) is 0. The highest BCUT2D eigenvalue weighted by Crippen LogP contribution is 2.19. The van der Waals surface area contributed by atoms with Crippen LogP contribution in [-0.4, -0.2) is 33.8 Å². The van der Waals surface area contributed by atoms with Gasteiger partial charge in [-0.1, -0.05) is 38.3 Å². The highest BCUT2D eigenvalue weighted by atomic mass is 32.2. The first-order valence-corrected chi connectivity index (χ1v) is 10.3. The fourth-order valence-electron chi connectivity index (χ4n) is 2.41. The first kappa shape index (κ1) is 22.2. The number of carbonyl (C=O) groups is 2. The smallest absolute Gasteiger partial charge is 0.303 e. The Morgan fingerprint density at radius 2 is 2.00 bits per heavy atom. The minimum atomic E-state index is -0.842. The van der Waals surface area contributed by atoms with Crippen molar-refractivity contribution in [2.75, 3.05) is 5.75 Å². The monoisotopic (exact) mass is 378 g/mol. The van der Waals surface area contributed by atoms with Crippen molar-refractivity contribution in [2.45, 2.75) is 69.2 Å². The lowest BCUT2D eigenvalue weighted by molar-refractivity contribution is -0.137. The lowest BCUT2D eigenvalue weighted by Crippen LogP contribution is -2.36. The van der Waals surface area contributed by atoms with Gasteiger partial charge >= 0.3 is 5.97 Å².